The number of hydrogen-bond acceptors (Lipinski definition) is 3. The van der Waals surface area contributed by atoms with Gasteiger partial charge in [0.2, 0.25) is 0 Å². The average Bonchev–Trinajstić information content (AvgIpc) is 2.44. The van der Waals surface area contributed by atoms with Crippen molar-refractivity contribution in [2.75, 3.05) is 17.3 Å². The van der Waals surface area contributed by atoms with E-state index in [0.29, 0.717) is 16.9 Å². The van der Waals surface area contributed by atoms with Crippen LogP contribution in [0.15, 0.2) is 45.8 Å². The zero-order valence-corrected chi connectivity index (χ0v) is 13.6. The van der Waals surface area contributed by atoms with Gasteiger partial charge in [-0.05, 0) is 58.9 Å². The van der Waals surface area contributed by atoms with E-state index in [4.69, 9.17) is 5.73 Å². The summed E-state index contributed by atoms with van der Waals surface area (Å²) in [6, 6.07) is 11.2. The van der Waals surface area contributed by atoms with Crippen LogP contribution in [0.3, 0.4) is 0 Å². The van der Waals surface area contributed by atoms with Crippen LogP contribution in [-0.4, -0.2) is 12.2 Å². The molecule has 0 heterocycles. The van der Waals surface area contributed by atoms with Crippen molar-refractivity contribution in [1.82, 2.24) is 0 Å². The Morgan fingerprint density at radius 3 is 2.70 bits per heavy atom. The van der Waals surface area contributed by atoms with Crippen molar-refractivity contribution in [3.8, 4) is 0 Å². The van der Waals surface area contributed by atoms with Gasteiger partial charge in [0.1, 0.15) is 0 Å². The van der Waals surface area contributed by atoms with Gasteiger partial charge in [-0.15, -0.1) is 11.8 Å². The number of halogens is 1. The Balaban J connectivity index is 2.30. The molecule has 0 aliphatic carbocycles. The molecule has 0 bridgehead atoms. The largest absolute Gasteiger partial charge is 0.398 e. The summed E-state index contributed by atoms with van der Waals surface area (Å²) in [5, 5.41) is 2.89. The number of hydrogen-bond donors (Lipinski definition) is 2. The molecule has 20 heavy (non-hydrogen) atoms. The summed E-state index contributed by atoms with van der Waals surface area (Å²) < 4.78 is 0.819. The van der Waals surface area contributed by atoms with Crippen molar-refractivity contribution >= 4 is 45.0 Å². The van der Waals surface area contributed by atoms with E-state index in [1.165, 1.54) is 0 Å². The van der Waals surface area contributed by atoms with Crippen LogP contribution in [-0.2, 0) is 0 Å². The van der Waals surface area contributed by atoms with Crippen LogP contribution >= 0.6 is 27.7 Å². The number of nitrogens with one attached hydrogen (secondary N) is 1. The van der Waals surface area contributed by atoms with Gasteiger partial charge in [-0.1, -0.05) is 12.1 Å². The lowest BCUT2D eigenvalue weighted by Crippen LogP contribution is -2.13. The fourth-order valence-corrected chi connectivity index (χ4v) is 2.96. The quantitative estimate of drug-likeness (QED) is 0.640. The maximum Gasteiger partial charge on any atom is 0.256 e. The van der Waals surface area contributed by atoms with Crippen molar-refractivity contribution in [2.24, 2.45) is 0 Å². The molecule has 3 nitrogen and oxygen atoms in total. The molecule has 2 aromatic rings. The molecule has 0 aliphatic heterocycles. The Hall–Kier alpha value is -1.46. The minimum absolute atomic E-state index is 0.140. The molecule has 0 saturated carbocycles. The summed E-state index contributed by atoms with van der Waals surface area (Å²) >= 11 is 4.99. The molecule has 0 radical (unpaired) electrons. The average molecular weight is 351 g/mol. The number of anilines is 2. The molecule has 2 aromatic carbocycles. The van der Waals surface area contributed by atoms with Crippen LogP contribution in [0.2, 0.25) is 0 Å². The maximum absolute atomic E-state index is 12.4. The van der Waals surface area contributed by atoms with Gasteiger partial charge >= 0.3 is 0 Å². The Morgan fingerprint density at radius 1 is 1.30 bits per heavy atom. The minimum atomic E-state index is -0.140. The second-order valence-corrected chi connectivity index (χ2v) is 6.05. The highest BCUT2D eigenvalue weighted by molar-refractivity contribution is 9.10. The molecule has 104 valence electrons. The molecular formula is C15H15BrN2OS. The number of benzene rings is 2. The first-order chi connectivity index (χ1) is 9.52. The monoisotopic (exact) mass is 350 g/mol. The molecule has 0 spiro atoms. The normalized spacial score (nSPS) is 10.3. The number of aryl methyl sites for hydroxylation is 1. The van der Waals surface area contributed by atoms with Crippen LogP contribution in [0.5, 0.6) is 0 Å². The first kappa shape index (κ1) is 14.9. The molecule has 2 rings (SSSR count). The van der Waals surface area contributed by atoms with Crippen LogP contribution in [0.25, 0.3) is 0 Å². The molecule has 1 amide bonds. The third-order valence-corrected chi connectivity index (χ3v) is 4.41. The molecule has 3 N–H and O–H groups in total. The topological polar surface area (TPSA) is 55.1 Å². The van der Waals surface area contributed by atoms with Gasteiger partial charge in [0.25, 0.3) is 5.91 Å². The van der Waals surface area contributed by atoms with Crippen LogP contribution in [0.1, 0.15) is 15.9 Å². The molecule has 0 atom stereocenters. The summed E-state index contributed by atoms with van der Waals surface area (Å²) in [5.74, 6) is -0.140. The maximum atomic E-state index is 12.4. The van der Waals surface area contributed by atoms with Crippen molar-refractivity contribution in [3.63, 3.8) is 0 Å². The number of thioether (sulfide) groups is 1. The van der Waals surface area contributed by atoms with Crippen molar-refractivity contribution in [3.05, 3.63) is 52.0 Å². The lowest BCUT2D eigenvalue weighted by atomic mass is 10.1. The standard InChI is InChI=1S/C15H15BrN2OS/c1-9-7-11(16)13(8-12(9)17)18-15(19)10-5-3-4-6-14(10)20-2/h3-8H,17H2,1-2H3,(H,18,19). The summed E-state index contributed by atoms with van der Waals surface area (Å²) in [6.45, 7) is 1.93. The second-order valence-electron chi connectivity index (χ2n) is 4.34. The number of amides is 1. The Morgan fingerprint density at radius 2 is 2.00 bits per heavy atom. The fourth-order valence-electron chi connectivity index (χ4n) is 1.81. The van der Waals surface area contributed by atoms with Gasteiger partial charge < -0.3 is 11.1 Å². The smallest absolute Gasteiger partial charge is 0.256 e. The van der Waals surface area contributed by atoms with E-state index in [2.05, 4.69) is 21.2 Å². The number of rotatable bonds is 3. The third kappa shape index (κ3) is 3.16. The minimum Gasteiger partial charge on any atom is -0.398 e. The molecular weight excluding hydrogens is 336 g/mol. The van der Waals surface area contributed by atoms with Gasteiger partial charge in [0, 0.05) is 15.1 Å². The lowest BCUT2D eigenvalue weighted by molar-refractivity contribution is 0.102. The van der Waals surface area contributed by atoms with Gasteiger partial charge in [0.15, 0.2) is 0 Å². The Bertz CT molecular complexity index is 658. The van der Waals surface area contributed by atoms with Crippen LogP contribution in [0, 0.1) is 6.92 Å². The first-order valence-corrected chi connectivity index (χ1v) is 8.04. The molecule has 0 fully saturated rings. The highest BCUT2D eigenvalue weighted by atomic mass is 79.9. The van der Waals surface area contributed by atoms with Crippen LogP contribution in [0.4, 0.5) is 11.4 Å². The number of nitrogen functional groups attached to an aromatic ring is 1. The van der Waals surface area contributed by atoms with E-state index in [0.717, 1.165) is 14.9 Å². The first-order valence-electron chi connectivity index (χ1n) is 6.03. The number of carbonyl (C=O) groups is 1. The van der Waals surface area contributed by atoms with E-state index < -0.39 is 0 Å². The lowest BCUT2D eigenvalue weighted by Gasteiger charge is -2.12. The summed E-state index contributed by atoms with van der Waals surface area (Å²) in [5.41, 5.74) is 8.84. The van der Waals surface area contributed by atoms with Crippen molar-refractivity contribution < 1.29 is 4.79 Å². The van der Waals surface area contributed by atoms with Crippen LogP contribution < -0.4 is 11.1 Å². The molecule has 0 unspecified atom stereocenters. The fraction of sp³-hybridized carbons (Fsp3) is 0.133. The van der Waals surface area contributed by atoms with E-state index in [1.807, 2.05) is 43.5 Å². The third-order valence-electron chi connectivity index (χ3n) is 2.96. The predicted octanol–water partition coefficient (Wildman–Crippen LogP) is 4.31. The summed E-state index contributed by atoms with van der Waals surface area (Å²) in [7, 11) is 0. The Labute approximate surface area is 131 Å². The summed E-state index contributed by atoms with van der Waals surface area (Å²) in [4.78, 5) is 13.3. The number of carbonyl (C=O) groups excluding carboxylic acids is 1. The van der Waals surface area contributed by atoms with Crippen molar-refractivity contribution in [2.45, 2.75) is 11.8 Å². The van der Waals surface area contributed by atoms with E-state index in [9.17, 15) is 4.79 Å². The second kappa shape index (κ2) is 6.33. The highest BCUT2D eigenvalue weighted by Gasteiger charge is 2.12. The zero-order valence-electron chi connectivity index (χ0n) is 11.2. The number of nitrogens with two attached hydrogens (primary N) is 1. The van der Waals surface area contributed by atoms with Crippen molar-refractivity contribution in [1.29, 1.82) is 0 Å². The molecule has 5 heteroatoms. The van der Waals surface area contributed by atoms with E-state index >= 15 is 0 Å². The molecule has 0 aliphatic rings. The predicted molar refractivity (Wildman–Crippen MR) is 89.5 cm³/mol. The SMILES string of the molecule is CSc1ccccc1C(=O)Nc1cc(N)c(C)cc1Br. The zero-order chi connectivity index (χ0) is 14.7. The van der Waals surface area contributed by atoms with Gasteiger partial charge in [-0.3, -0.25) is 4.79 Å². The van der Waals surface area contributed by atoms with Gasteiger partial charge in [-0.2, -0.15) is 0 Å². The van der Waals surface area contributed by atoms with Gasteiger partial charge in [-0.25, -0.2) is 0 Å². The Kier molecular flexibility index (Phi) is 4.73. The highest BCUT2D eigenvalue weighted by Crippen LogP contribution is 2.29. The van der Waals surface area contributed by atoms with Gasteiger partial charge in [0.05, 0.1) is 11.3 Å². The molecule has 0 aromatic heterocycles. The summed E-state index contributed by atoms with van der Waals surface area (Å²) in [6.07, 6.45) is 1.95. The van der Waals surface area contributed by atoms with E-state index in [-0.39, 0.29) is 5.91 Å². The van der Waals surface area contributed by atoms with E-state index in [1.54, 1.807) is 17.8 Å². The molecule has 0 saturated heterocycles.